The Morgan fingerprint density at radius 1 is 0.574 bits per heavy atom. The van der Waals surface area contributed by atoms with Crippen molar-refractivity contribution < 1.29 is 61.3 Å². The van der Waals surface area contributed by atoms with Crippen molar-refractivity contribution >= 4 is 119 Å². The van der Waals surface area contributed by atoms with E-state index in [1.807, 2.05) is 79.7 Å². The Balaban J connectivity index is 0.000000170. The van der Waals surface area contributed by atoms with E-state index in [-0.39, 0.29) is 96.4 Å². The van der Waals surface area contributed by atoms with Crippen LogP contribution in [0.15, 0.2) is 188 Å². The van der Waals surface area contributed by atoms with Crippen molar-refractivity contribution in [2.75, 3.05) is 148 Å². The summed E-state index contributed by atoms with van der Waals surface area (Å²) in [4.78, 5) is 82.5. The van der Waals surface area contributed by atoms with Gasteiger partial charge < -0.3 is 50.6 Å². The summed E-state index contributed by atoms with van der Waals surface area (Å²) in [5, 5.41) is 21.6. The molecule has 0 amide bonds. The summed E-state index contributed by atoms with van der Waals surface area (Å²) in [6.07, 6.45) is 10.4. The molecule has 19 rings (SSSR count). The quantitative estimate of drug-likeness (QED) is 0.0236. The van der Waals surface area contributed by atoms with Gasteiger partial charge in [0.15, 0.2) is 0 Å². The maximum absolute atomic E-state index is 15.3. The third kappa shape index (κ3) is 23.1. The average Bonchev–Trinajstić information content (AvgIpc) is 1.61. The maximum atomic E-state index is 15.3. The minimum Gasteiger partial charge on any atom is -0.489 e. The van der Waals surface area contributed by atoms with Crippen LogP contribution in [-0.2, 0) is 74.4 Å². The number of aryl methyl sites for hydroxylation is 2. The molecule has 0 bridgehead atoms. The van der Waals surface area contributed by atoms with E-state index in [9.17, 15) is 52.8 Å². The summed E-state index contributed by atoms with van der Waals surface area (Å²) in [5.41, 5.74) is 5.89. The van der Waals surface area contributed by atoms with Gasteiger partial charge in [-0.3, -0.25) is 46.4 Å². The van der Waals surface area contributed by atoms with Crippen molar-refractivity contribution in [3.8, 4) is 39.3 Å². The third-order valence-electron chi connectivity index (χ3n) is 26.6. The highest BCUT2D eigenvalue weighted by Gasteiger charge is 2.41. The molecule has 5 N–H and O–H groups in total. The Bertz CT molecular complexity index is 7540. The van der Waals surface area contributed by atoms with Gasteiger partial charge in [-0.05, 0) is 246 Å². The minimum absolute atomic E-state index is 0. The van der Waals surface area contributed by atoms with E-state index >= 15 is 4.39 Å². The standard InChI is InChI=1S/C36H46N8O4S.C35H36F3N7O3S.C29H33FN6O5S2.3H2/c1-25-20-31(49(3,46)30-9-12-42(2)13-10-30)24-38-33(25)32-21-26-22-39-36(40-27-4-6-28(7-5-27)48-29-8-11-37-23-29)41-34(26)44(35(32)45)15-14-43-16-18-47-19-17-43;1-21-31(22(2)45(42-21)49(47,48)28-14-15-28)29-17-26-18-39-34(40-27-12-10-23(11-13-27)24-8-6-16-43(3)19-24)41-32(26)44(33(29)46)20-25-7-4-5-9-30(25)35(36,37)38;1-35(43(4,39)40)12-13-36-27-20(15-24(28(36)37)23-10-9-22(16-25(23)30)42(2,3)38)17-32-29(34-27)33-21-7-5-19(6-8-21)26-18-31-11-14-41-26;;;/h4-7,20-22,24,29-30,37H,3,8-19,23H2,1-2H3,(H,39,40,41);4-5,7,9-13,17-18,24,28H,6,8,14-16,19-20H2,1-3H3,(H,39,40,41);5-10,15-17,26,31H,2,11-14,18H2,1,3-4H3,(H,32,33,34);3*1H. The fourth-order valence-corrected chi connectivity index (χ4v) is 23.2. The molecule has 1 aliphatic carbocycles. The second kappa shape index (κ2) is 42.2. The van der Waals surface area contributed by atoms with Gasteiger partial charge in [0.1, 0.15) is 34.6 Å². The van der Waals surface area contributed by atoms with Crippen LogP contribution in [0.1, 0.15) is 100 Å². The Morgan fingerprint density at radius 3 is 1.72 bits per heavy atom. The van der Waals surface area contributed by atoms with Gasteiger partial charge in [-0.1, -0.05) is 48.5 Å². The third-order valence-corrected chi connectivity index (χ3v) is 33.9. The van der Waals surface area contributed by atoms with E-state index < -0.39 is 79.6 Å². The SMILES string of the molecule is C=S(=O)(c1cnc(-c2cc3cnc(Nc4ccc(OC5CCNC5)cc4)nc3n(CCN3CCOCC3)c2=O)c(C)c1)C1CCN(C)CC1.C=S(C)(=O)c1ccc(-c2cc3cnc(Nc4ccc(C5CNCCO5)cc4)nc3n(CCN(C)S(C)(=O)=O)c2=O)c(F)c1.Cc1nn(S(=O)(=O)C2CC2)c(C)c1-c1cc2cnc(Nc3ccc(C4CCCN(C)C4)cc3)nc2n(Cc2ccccc2C(F)(F)F)c1=O.[HH].[HH].[HH]. The molecule has 33 nitrogen and oxygen atoms in total. The molecule has 5 unspecified atom stereocenters. The molecule has 6 fully saturated rings. The van der Waals surface area contributed by atoms with E-state index in [0.29, 0.717) is 107 Å². The molecular formula is C100H121F4N21O12S4. The van der Waals surface area contributed by atoms with Crippen molar-refractivity contribution in [3.63, 3.8) is 0 Å². The first-order valence-electron chi connectivity index (χ1n) is 46.9. The number of hydrogen-bond acceptors (Lipinski definition) is 28. The number of anilines is 6. The molecule has 0 radical (unpaired) electrons. The van der Waals surface area contributed by atoms with Crippen molar-refractivity contribution in [2.24, 2.45) is 0 Å². The van der Waals surface area contributed by atoms with Crippen LogP contribution in [0, 0.1) is 26.6 Å². The molecule has 1 saturated carbocycles. The highest BCUT2D eigenvalue weighted by Crippen LogP contribution is 2.39. The second-order valence-electron chi connectivity index (χ2n) is 37.0. The molecule has 5 saturated heterocycles. The van der Waals surface area contributed by atoms with Crippen molar-refractivity contribution in [1.29, 1.82) is 0 Å². The maximum Gasteiger partial charge on any atom is 0.416 e. The predicted octanol–water partition coefficient (Wildman–Crippen LogP) is 12.7. The molecular weight excluding hydrogens is 1890 g/mol. The molecule has 750 valence electrons. The number of pyridine rings is 4. The van der Waals surface area contributed by atoms with Crippen LogP contribution in [0.25, 0.3) is 66.6 Å². The van der Waals surface area contributed by atoms with Gasteiger partial charge >= 0.3 is 6.18 Å². The van der Waals surface area contributed by atoms with Gasteiger partial charge in [0.05, 0.1) is 83.3 Å². The zero-order valence-electron chi connectivity index (χ0n) is 79.8. The largest absolute Gasteiger partial charge is 0.489 e. The number of alkyl halides is 3. The monoisotopic (exact) mass is 2010 g/mol. The summed E-state index contributed by atoms with van der Waals surface area (Å²) < 4.78 is 158. The van der Waals surface area contributed by atoms with Gasteiger partial charge in [0.25, 0.3) is 26.7 Å². The predicted molar refractivity (Wildman–Crippen MR) is 550 cm³/mol. The lowest BCUT2D eigenvalue weighted by Gasteiger charge is -2.31. The molecule has 0 spiro atoms. The molecule has 6 aliphatic rings. The number of nitrogens with one attached hydrogen (secondary N) is 5. The fourth-order valence-electron chi connectivity index (χ4n) is 18.4. The van der Waals surface area contributed by atoms with Gasteiger partial charge in [-0.25, -0.2) is 40.5 Å². The van der Waals surface area contributed by atoms with Gasteiger partial charge in [0, 0.05) is 177 Å². The number of benzene rings is 5. The number of aromatic nitrogens is 12. The number of likely N-dealkylation sites (tertiary alicyclic amines) is 2. The van der Waals surface area contributed by atoms with Crippen molar-refractivity contribution in [3.05, 3.63) is 240 Å². The molecule has 5 atom stereocenters. The van der Waals surface area contributed by atoms with Crippen LogP contribution in [0.3, 0.4) is 0 Å². The number of morpholine rings is 2. The van der Waals surface area contributed by atoms with Crippen LogP contribution < -0.4 is 48.0 Å². The first-order chi connectivity index (χ1) is 67.4. The highest BCUT2D eigenvalue weighted by atomic mass is 32.2. The number of hydrogen-bond donors (Lipinski definition) is 5. The van der Waals surface area contributed by atoms with Crippen LogP contribution in [0.2, 0.25) is 0 Å². The van der Waals surface area contributed by atoms with Gasteiger partial charge in [-0.2, -0.15) is 37.3 Å². The Morgan fingerprint density at radius 2 is 1.15 bits per heavy atom. The van der Waals surface area contributed by atoms with Crippen molar-refractivity contribution in [1.82, 2.24) is 87.4 Å². The zero-order valence-corrected chi connectivity index (χ0v) is 83.0. The van der Waals surface area contributed by atoms with E-state index in [2.05, 4.69) is 109 Å². The van der Waals surface area contributed by atoms with Gasteiger partial charge in [0.2, 0.25) is 27.9 Å². The normalized spacial score (nSPS) is 18.5. The molecule has 5 aromatic carbocycles. The summed E-state index contributed by atoms with van der Waals surface area (Å²) >= 11 is 0. The number of nitrogens with zero attached hydrogens (tertiary/aromatic N) is 16. The smallest absolute Gasteiger partial charge is 0.416 e. The number of fused-ring (bicyclic) bond motifs is 3. The lowest BCUT2D eigenvalue weighted by molar-refractivity contribution is -0.138. The Labute approximate surface area is 820 Å². The second-order valence-corrected chi connectivity index (χ2v) is 46.2. The van der Waals surface area contributed by atoms with Crippen LogP contribution >= 0.6 is 0 Å². The number of sulfonamides is 1. The van der Waals surface area contributed by atoms with E-state index in [0.717, 1.165) is 158 Å². The summed E-state index contributed by atoms with van der Waals surface area (Å²) in [5.74, 6) is 9.10. The average molecular weight is 2010 g/mol. The summed E-state index contributed by atoms with van der Waals surface area (Å²) in [7, 11) is -6.87. The molecule has 41 heteroatoms. The molecule has 141 heavy (non-hydrogen) atoms. The molecule has 13 aromatic rings. The lowest BCUT2D eigenvalue weighted by Crippen LogP contribution is -2.39. The molecule has 8 aromatic heterocycles. The number of halogens is 4. The number of ether oxygens (including phenoxy) is 3. The first kappa shape index (κ1) is 100. The molecule has 13 heterocycles. The number of likely N-dealkylation sites (N-methyl/N-ethyl adjacent to an activating group) is 2. The fraction of sp³-hybridized carbons (Fsp3) is 0.390. The van der Waals surface area contributed by atoms with Crippen LogP contribution in [0.4, 0.5) is 52.5 Å². The Hall–Kier alpha value is -12.1. The van der Waals surface area contributed by atoms with E-state index in [4.69, 9.17) is 24.2 Å². The van der Waals surface area contributed by atoms with Crippen LogP contribution in [0.5, 0.6) is 5.75 Å². The lowest BCUT2D eigenvalue weighted by atomic mass is 9.91. The molecule has 5 aliphatic heterocycles. The van der Waals surface area contributed by atoms with Crippen molar-refractivity contribution in [2.45, 2.75) is 130 Å². The summed E-state index contributed by atoms with van der Waals surface area (Å²) in [6.45, 7) is 16.6. The van der Waals surface area contributed by atoms with E-state index in [1.54, 1.807) is 36.9 Å². The summed E-state index contributed by atoms with van der Waals surface area (Å²) in [6, 6.07) is 39.3. The Kier molecular flexibility index (Phi) is 30.0. The zero-order chi connectivity index (χ0) is 99.6. The van der Waals surface area contributed by atoms with Gasteiger partial charge in [-0.15, -0.1) is 0 Å². The first-order valence-corrected chi connectivity index (χ1v) is 54.2. The van der Waals surface area contributed by atoms with E-state index in [1.165, 1.54) is 76.8 Å². The topological polar surface area (TPSA) is 377 Å². The highest BCUT2D eigenvalue weighted by molar-refractivity contribution is 8.01. The minimum atomic E-state index is -4.65. The number of piperidine rings is 2. The number of rotatable bonds is 27. The van der Waals surface area contributed by atoms with Crippen LogP contribution in [-0.4, -0.2) is 262 Å².